The van der Waals surface area contributed by atoms with Gasteiger partial charge in [0.15, 0.2) is 9.84 Å². The van der Waals surface area contributed by atoms with Gasteiger partial charge in [0, 0.05) is 17.4 Å². The molecule has 3 N–H and O–H groups in total. The lowest BCUT2D eigenvalue weighted by molar-refractivity contribution is 0.602. The molecule has 0 aromatic heterocycles. The number of rotatable bonds is 2. The molecule has 1 aliphatic rings. The summed E-state index contributed by atoms with van der Waals surface area (Å²) < 4.78 is 22.6. The summed E-state index contributed by atoms with van der Waals surface area (Å²) in [5.74, 6) is 0.379. The van der Waals surface area contributed by atoms with E-state index < -0.39 is 9.84 Å². The number of sulfone groups is 1. The van der Waals surface area contributed by atoms with Crippen LogP contribution >= 0.6 is 0 Å². The second-order valence-corrected chi connectivity index (χ2v) is 6.39. The third-order valence-electron chi connectivity index (χ3n) is 2.78. The minimum absolute atomic E-state index is 0.0739. The minimum Gasteiger partial charge on any atom is -0.398 e. The summed E-state index contributed by atoms with van der Waals surface area (Å²) >= 11 is 0. The van der Waals surface area contributed by atoms with Crippen molar-refractivity contribution in [1.82, 2.24) is 0 Å². The standard InChI is InChI=1S/C11H13N3O2S/c12-6-8-5-9(1-2-11(8)13)14-10-3-4-17(15,16)7-10/h1-2,5,10,14H,3-4,7,13H2. The molecule has 90 valence electrons. The van der Waals surface area contributed by atoms with Gasteiger partial charge in [0.25, 0.3) is 0 Å². The Balaban J connectivity index is 2.13. The van der Waals surface area contributed by atoms with Gasteiger partial charge in [-0.2, -0.15) is 5.26 Å². The lowest BCUT2D eigenvalue weighted by atomic mass is 10.1. The molecule has 1 aromatic rings. The summed E-state index contributed by atoms with van der Waals surface area (Å²) in [4.78, 5) is 0. The summed E-state index contributed by atoms with van der Waals surface area (Å²) in [5.41, 5.74) is 7.17. The summed E-state index contributed by atoms with van der Waals surface area (Å²) in [7, 11) is -2.89. The van der Waals surface area contributed by atoms with Crippen molar-refractivity contribution in [2.75, 3.05) is 22.6 Å². The molecule has 2 rings (SSSR count). The van der Waals surface area contributed by atoms with Crippen LogP contribution in [0.25, 0.3) is 0 Å². The highest BCUT2D eigenvalue weighted by Crippen LogP contribution is 2.21. The van der Waals surface area contributed by atoms with Crippen LogP contribution in [0.2, 0.25) is 0 Å². The van der Waals surface area contributed by atoms with Crippen molar-refractivity contribution in [3.63, 3.8) is 0 Å². The summed E-state index contributed by atoms with van der Waals surface area (Å²) in [6.45, 7) is 0. The monoisotopic (exact) mass is 251 g/mol. The van der Waals surface area contributed by atoms with Gasteiger partial charge in [0.05, 0.1) is 17.1 Å². The molecule has 0 amide bonds. The molecular formula is C11H13N3O2S. The van der Waals surface area contributed by atoms with Crippen LogP contribution < -0.4 is 11.1 Å². The van der Waals surface area contributed by atoms with E-state index in [9.17, 15) is 8.42 Å². The molecule has 1 aliphatic heterocycles. The highest BCUT2D eigenvalue weighted by Gasteiger charge is 2.27. The third kappa shape index (κ3) is 2.68. The van der Waals surface area contributed by atoms with E-state index in [2.05, 4.69) is 5.32 Å². The number of nitrogens with one attached hydrogen (secondary N) is 1. The first kappa shape index (κ1) is 11.7. The van der Waals surface area contributed by atoms with Gasteiger partial charge in [-0.05, 0) is 24.6 Å². The molecule has 0 spiro atoms. The number of hydrogen-bond acceptors (Lipinski definition) is 5. The van der Waals surface area contributed by atoms with Crippen LogP contribution in [0.3, 0.4) is 0 Å². The van der Waals surface area contributed by atoms with E-state index in [1.54, 1.807) is 18.2 Å². The van der Waals surface area contributed by atoms with Crippen molar-refractivity contribution >= 4 is 21.2 Å². The van der Waals surface area contributed by atoms with Gasteiger partial charge in [-0.1, -0.05) is 0 Å². The maximum Gasteiger partial charge on any atom is 0.152 e. The Kier molecular flexibility index (Phi) is 2.94. The van der Waals surface area contributed by atoms with Gasteiger partial charge in [-0.3, -0.25) is 0 Å². The van der Waals surface area contributed by atoms with E-state index in [-0.39, 0.29) is 17.5 Å². The zero-order valence-electron chi connectivity index (χ0n) is 9.18. The predicted octanol–water partition coefficient (Wildman–Crippen LogP) is 0.739. The summed E-state index contributed by atoms with van der Waals surface area (Å²) in [6, 6.07) is 6.95. The van der Waals surface area contributed by atoms with Crippen LogP contribution in [-0.2, 0) is 9.84 Å². The normalized spacial score (nSPS) is 21.9. The first-order valence-corrected chi connectivity index (χ1v) is 7.09. The van der Waals surface area contributed by atoms with Crippen molar-refractivity contribution < 1.29 is 8.42 Å². The molecule has 1 fully saturated rings. The first-order valence-electron chi connectivity index (χ1n) is 5.27. The second-order valence-electron chi connectivity index (χ2n) is 4.16. The van der Waals surface area contributed by atoms with Crippen LogP contribution in [0.4, 0.5) is 11.4 Å². The maximum atomic E-state index is 11.3. The van der Waals surface area contributed by atoms with Crippen molar-refractivity contribution in [3.8, 4) is 6.07 Å². The third-order valence-corrected chi connectivity index (χ3v) is 4.54. The lowest BCUT2D eigenvalue weighted by Gasteiger charge is -2.12. The van der Waals surface area contributed by atoms with E-state index >= 15 is 0 Å². The Labute approximate surface area is 100 Å². The largest absolute Gasteiger partial charge is 0.398 e. The number of nitrogens with zero attached hydrogens (tertiary/aromatic N) is 1. The molecule has 1 unspecified atom stereocenters. The molecule has 1 saturated heterocycles. The quantitative estimate of drug-likeness (QED) is 0.756. The molecule has 0 radical (unpaired) electrons. The highest BCUT2D eigenvalue weighted by molar-refractivity contribution is 7.91. The fourth-order valence-electron chi connectivity index (χ4n) is 1.89. The molecule has 0 aliphatic carbocycles. The van der Waals surface area contributed by atoms with Gasteiger partial charge in [-0.25, -0.2) is 8.42 Å². The average molecular weight is 251 g/mol. The Morgan fingerprint density at radius 2 is 2.24 bits per heavy atom. The zero-order valence-corrected chi connectivity index (χ0v) is 10.00. The Bertz CT molecular complexity index is 575. The Morgan fingerprint density at radius 1 is 1.47 bits per heavy atom. The number of hydrogen-bond donors (Lipinski definition) is 2. The topological polar surface area (TPSA) is 96.0 Å². The Morgan fingerprint density at radius 3 is 2.82 bits per heavy atom. The fourth-order valence-corrected chi connectivity index (χ4v) is 3.56. The summed E-state index contributed by atoms with van der Waals surface area (Å²) in [6.07, 6.45) is 0.606. The second kappa shape index (κ2) is 4.26. The van der Waals surface area contributed by atoms with Crippen molar-refractivity contribution in [2.24, 2.45) is 0 Å². The van der Waals surface area contributed by atoms with E-state index in [4.69, 9.17) is 11.0 Å². The lowest BCUT2D eigenvalue weighted by Crippen LogP contribution is -2.20. The van der Waals surface area contributed by atoms with Gasteiger partial charge in [-0.15, -0.1) is 0 Å². The summed E-state index contributed by atoms with van der Waals surface area (Å²) in [5, 5.41) is 11.9. The number of anilines is 2. The van der Waals surface area contributed by atoms with Gasteiger partial charge < -0.3 is 11.1 Å². The molecule has 1 heterocycles. The van der Waals surface area contributed by atoms with Crippen LogP contribution in [0, 0.1) is 11.3 Å². The average Bonchev–Trinajstić information content (AvgIpc) is 2.61. The van der Waals surface area contributed by atoms with Crippen LogP contribution in [0.5, 0.6) is 0 Å². The number of nitrogen functional groups attached to an aromatic ring is 1. The number of benzene rings is 1. The number of nitrogens with two attached hydrogens (primary N) is 1. The molecule has 6 heteroatoms. The van der Waals surface area contributed by atoms with Crippen LogP contribution in [0.1, 0.15) is 12.0 Å². The van der Waals surface area contributed by atoms with E-state index in [1.165, 1.54) is 0 Å². The molecular weight excluding hydrogens is 238 g/mol. The van der Waals surface area contributed by atoms with Gasteiger partial charge in [0.1, 0.15) is 6.07 Å². The van der Waals surface area contributed by atoms with Crippen LogP contribution in [-0.4, -0.2) is 26.0 Å². The molecule has 0 bridgehead atoms. The van der Waals surface area contributed by atoms with Crippen molar-refractivity contribution in [3.05, 3.63) is 23.8 Å². The Hall–Kier alpha value is -1.74. The minimum atomic E-state index is -2.89. The van der Waals surface area contributed by atoms with Gasteiger partial charge in [0.2, 0.25) is 0 Å². The first-order chi connectivity index (χ1) is 8.00. The maximum absolute atomic E-state index is 11.3. The molecule has 0 saturated carbocycles. The molecule has 1 aromatic carbocycles. The zero-order chi connectivity index (χ0) is 12.5. The SMILES string of the molecule is N#Cc1cc(NC2CCS(=O)(=O)C2)ccc1N. The number of nitriles is 1. The van der Waals surface area contributed by atoms with E-state index in [0.717, 1.165) is 5.69 Å². The van der Waals surface area contributed by atoms with Gasteiger partial charge >= 0.3 is 0 Å². The van der Waals surface area contributed by atoms with E-state index in [1.807, 2.05) is 6.07 Å². The smallest absolute Gasteiger partial charge is 0.152 e. The molecule has 5 nitrogen and oxygen atoms in total. The van der Waals surface area contributed by atoms with Crippen molar-refractivity contribution in [1.29, 1.82) is 5.26 Å². The van der Waals surface area contributed by atoms with Crippen molar-refractivity contribution in [2.45, 2.75) is 12.5 Å². The van der Waals surface area contributed by atoms with E-state index in [0.29, 0.717) is 17.7 Å². The molecule has 1 atom stereocenters. The fraction of sp³-hybridized carbons (Fsp3) is 0.364. The predicted molar refractivity (Wildman–Crippen MR) is 66.3 cm³/mol. The highest BCUT2D eigenvalue weighted by atomic mass is 32.2. The van der Waals surface area contributed by atoms with Crippen LogP contribution in [0.15, 0.2) is 18.2 Å². The molecule has 17 heavy (non-hydrogen) atoms.